The molecule has 0 unspecified atom stereocenters. The molecule has 20 heavy (non-hydrogen) atoms. The molecule has 0 atom stereocenters. The van der Waals surface area contributed by atoms with Crippen LogP contribution in [0.2, 0.25) is 0 Å². The minimum absolute atomic E-state index is 0.779. The predicted molar refractivity (Wildman–Crippen MR) is 84.1 cm³/mol. The zero-order valence-corrected chi connectivity index (χ0v) is 11.9. The molecule has 3 nitrogen and oxygen atoms in total. The van der Waals surface area contributed by atoms with Crippen molar-refractivity contribution in [3.63, 3.8) is 0 Å². The molecule has 2 rings (SSSR count). The molecule has 2 N–H and O–H groups in total. The highest BCUT2D eigenvalue weighted by Gasteiger charge is 2.04. The third-order valence-corrected chi connectivity index (χ3v) is 2.83. The molecule has 0 saturated carbocycles. The Hall–Kier alpha value is -1.93. The van der Waals surface area contributed by atoms with Gasteiger partial charge in [-0.2, -0.15) is 0 Å². The van der Waals surface area contributed by atoms with Gasteiger partial charge in [0.05, 0.1) is 0 Å². The lowest BCUT2D eigenvalue weighted by Gasteiger charge is -1.94. The smallest absolute Gasteiger partial charge is 0.321 e. The Morgan fingerprint density at radius 3 is 1.65 bits per heavy atom. The average molecular weight is 288 g/mol. The maximum Gasteiger partial charge on any atom is 0.349 e. The fraction of sp³-hybridized carbons (Fsp3) is 0. The number of hydrogen-bond donors (Lipinski definition) is 2. The highest BCUT2D eigenvalue weighted by atomic mass is 31.2. The second kappa shape index (κ2) is 8.28. The molecule has 0 fully saturated rings. The summed E-state index contributed by atoms with van der Waals surface area (Å²) >= 11 is 0. The van der Waals surface area contributed by atoms with Crippen molar-refractivity contribution in [3.05, 3.63) is 84.2 Å². The van der Waals surface area contributed by atoms with Crippen LogP contribution < -0.4 is 0 Å². The van der Waals surface area contributed by atoms with E-state index in [1.807, 2.05) is 42.5 Å². The summed E-state index contributed by atoms with van der Waals surface area (Å²) in [7, 11) is -4.01. The molecule has 0 heterocycles. The fourth-order valence-corrected chi connectivity index (χ4v) is 1.70. The molecule has 0 aliphatic heterocycles. The number of benzene rings is 2. The van der Waals surface area contributed by atoms with Crippen molar-refractivity contribution < 1.29 is 14.4 Å². The Balaban J connectivity index is 0.000000217. The minimum atomic E-state index is -4.01. The van der Waals surface area contributed by atoms with Crippen LogP contribution in [0.4, 0.5) is 0 Å². The van der Waals surface area contributed by atoms with Gasteiger partial charge < -0.3 is 9.79 Å². The molecule has 0 amide bonds. The summed E-state index contributed by atoms with van der Waals surface area (Å²) in [6.45, 7) is 3.63. The summed E-state index contributed by atoms with van der Waals surface area (Å²) in [6.07, 6.45) is 3.24. The van der Waals surface area contributed by atoms with Gasteiger partial charge >= 0.3 is 7.60 Å². The van der Waals surface area contributed by atoms with Crippen molar-refractivity contribution in [1.82, 2.24) is 0 Å². The first-order valence-corrected chi connectivity index (χ1v) is 7.66. The molecular weight excluding hydrogens is 271 g/mol. The van der Waals surface area contributed by atoms with Crippen LogP contribution in [0.25, 0.3) is 12.2 Å². The van der Waals surface area contributed by atoms with Crippen molar-refractivity contribution in [1.29, 1.82) is 0 Å². The summed E-state index contributed by atoms with van der Waals surface area (Å²) in [6, 6.07) is 19.0. The molecule has 0 saturated heterocycles. The van der Waals surface area contributed by atoms with Crippen LogP contribution in [0.15, 0.2) is 73.1 Å². The monoisotopic (exact) mass is 288 g/mol. The summed E-state index contributed by atoms with van der Waals surface area (Å²) < 4.78 is 10.4. The Kier molecular flexibility index (Phi) is 6.68. The van der Waals surface area contributed by atoms with Crippen molar-refractivity contribution in [2.75, 3.05) is 0 Å². The first-order chi connectivity index (χ1) is 9.51. The molecule has 4 heteroatoms. The van der Waals surface area contributed by atoms with E-state index in [1.54, 1.807) is 24.3 Å². The van der Waals surface area contributed by atoms with Gasteiger partial charge in [0.15, 0.2) is 0 Å². The molecule has 0 radical (unpaired) electrons. The molecule has 0 aromatic heterocycles. The molecule has 0 aliphatic carbocycles. The third-order valence-electron chi connectivity index (χ3n) is 2.30. The van der Waals surface area contributed by atoms with E-state index in [1.165, 1.54) is 11.6 Å². The molecule has 2 aromatic rings. The normalized spacial score (nSPS) is 10.7. The van der Waals surface area contributed by atoms with Gasteiger partial charge in [0.25, 0.3) is 0 Å². The lowest BCUT2D eigenvalue weighted by molar-refractivity contribution is 0.386. The molecule has 104 valence electrons. The van der Waals surface area contributed by atoms with E-state index in [0.717, 1.165) is 11.4 Å². The summed E-state index contributed by atoms with van der Waals surface area (Å²) in [5.41, 5.74) is 1.95. The second-order valence-corrected chi connectivity index (χ2v) is 5.41. The topological polar surface area (TPSA) is 57.5 Å². The lowest BCUT2D eigenvalue weighted by atomic mass is 10.2. The van der Waals surface area contributed by atoms with Crippen LogP contribution in [0, 0.1) is 0 Å². The molecule has 0 spiro atoms. The maximum absolute atomic E-state index is 10.4. The van der Waals surface area contributed by atoms with Gasteiger partial charge in [-0.3, -0.25) is 4.57 Å². The summed E-state index contributed by atoms with van der Waals surface area (Å²) in [4.78, 5) is 17.0. The van der Waals surface area contributed by atoms with Crippen LogP contribution >= 0.6 is 7.60 Å². The van der Waals surface area contributed by atoms with Crippen LogP contribution in [-0.4, -0.2) is 9.79 Å². The first-order valence-electron chi connectivity index (χ1n) is 5.98. The van der Waals surface area contributed by atoms with Crippen LogP contribution in [0.1, 0.15) is 11.1 Å². The van der Waals surface area contributed by atoms with Gasteiger partial charge in [-0.15, -0.1) is 0 Å². The van der Waals surface area contributed by atoms with Crippen molar-refractivity contribution in [3.8, 4) is 0 Å². The van der Waals surface area contributed by atoms with Crippen LogP contribution in [0.5, 0.6) is 0 Å². The van der Waals surface area contributed by atoms with E-state index < -0.39 is 7.60 Å². The van der Waals surface area contributed by atoms with Crippen LogP contribution in [0.3, 0.4) is 0 Å². The van der Waals surface area contributed by atoms with Gasteiger partial charge in [0.2, 0.25) is 0 Å². The van der Waals surface area contributed by atoms with Crippen molar-refractivity contribution >= 4 is 19.7 Å². The molecule has 0 aliphatic rings. The Morgan fingerprint density at radius 2 is 1.30 bits per heavy atom. The largest absolute Gasteiger partial charge is 0.349 e. The molecule has 2 aromatic carbocycles. The zero-order chi connectivity index (χ0) is 14.8. The minimum Gasteiger partial charge on any atom is -0.321 e. The van der Waals surface area contributed by atoms with Gasteiger partial charge in [0.1, 0.15) is 0 Å². The Bertz CT molecular complexity index is 586. The van der Waals surface area contributed by atoms with E-state index in [9.17, 15) is 4.57 Å². The van der Waals surface area contributed by atoms with Gasteiger partial charge in [-0.25, -0.2) is 0 Å². The zero-order valence-electron chi connectivity index (χ0n) is 11.0. The highest BCUT2D eigenvalue weighted by molar-refractivity contribution is 7.55. The van der Waals surface area contributed by atoms with Gasteiger partial charge in [0, 0.05) is 5.82 Å². The standard InChI is InChI=1S/C8H9O3P.C8H8/c9-12(10,11)7-6-8-4-2-1-3-5-8;1-2-8-6-4-3-5-7-8/h1-7H,(H2,9,10,11);2-7H,1H2. The van der Waals surface area contributed by atoms with E-state index >= 15 is 0 Å². The van der Waals surface area contributed by atoms with E-state index in [4.69, 9.17) is 9.79 Å². The van der Waals surface area contributed by atoms with Crippen LogP contribution in [-0.2, 0) is 4.57 Å². The number of rotatable bonds is 3. The van der Waals surface area contributed by atoms with E-state index in [2.05, 4.69) is 6.58 Å². The van der Waals surface area contributed by atoms with Crippen molar-refractivity contribution in [2.45, 2.75) is 0 Å². The lowest BCUT2D eigenvalue weighted by Crippen LogP contribution is -1.71. The van der Waals surface area contributed by atoms with E-state index in [0.29, 0.717) is 0 Å². The van der Waals surface area contributed by atoms with Gasteiger partial charge in [-0.05, 0) is 17.2 Å². The van der Waals surface area contributed by atoms with Gasteiger partial charge in [-0.1, -0.05) is 73.3 Å². The molecular formula is C16H17O3P. The SMILES string of the molecule is C=Cc1ccccc1.O=P(O)(O)C=Cc1ccccc1. The first kappa shape index (κ1) is 16.1. The summed E-state index contributed by atoms with van der Waals surface area (Å²) in [5.74, 6) is 0.891. The quantitative estimate of drug-likeness (QED) is 0.834. The Labute approximate surface area is 119 Å². The highest BCUT2D eigenvalue weighted by Crippen LogP contribution is 2.36. The molecule has 0 bridgehead atoms. The van der Waals surface area contributed by atoms with Crippen molar-refractivity contribution in [2.24, 2.45) is 0 Å². The number of hydrogen-bond acceptors (Lipinski definition) is 1. The predicted octanol–water partition coefficient (Wildman–Crippen LogP) is 4.16. The Morgan fingerprint density at radius 1 is 0.850 bits per heavy atom. The maximum atomic E-state index is 10.4. The second-order valence-electron chi connectivity index (χ2n) is 3.93. The average Bonchev–Trinajstić information content (AvgIpc) is 2.47. The van der Waals surface area contributed by atoms with E-state index in [-0.39, 0.29) is 0 Å². The third kappa shape index (κ3) is 7.49. The summed E-state index contributed by atoms with van der Waals surface area (Å²) in [5, 5.41) is 0. The fourth-order valence-electron chi connectivity index (χ4n) is 1.34.